The van der Waals surface area contributed by atoms with Crippen molar-refractivity contribution in [2.45, 2.75) is 46.0 Å². The van der Waals surface area contributed by atoms with Crippen molar-refractivity contribution in [3.63, 3.8) is 0 Å². The summed E-state index contributed by atoms with van der Waals surface area (Å²) < 4.78 is 0. The van der Waals surface area contributed by atoms with Crippen molar-refractivity contribution in [3.8, 4) is 0 Å². The number of hydrogen-bond acceptors (Lipinski definition) is 0. The largest absolute Gasteiger partial charge is 0.0651 e. The van der Waals surface area contributed by atoms with E-state index in [0.717, 1.165) is 12.3 Å². The molecule has 0 rings (SSSR count). The van der Waals surface area contributed by atoms with Crippen LogP contribution >= 0.6 is 0 Å². The lowest BCUT2D eigenvalue weighted by molar-refractivity contribution is 0.486. The van der Waals surface area contributed by atoms with Gasteiger partial charge in [-0.3, -0.25) is 0 Å². The molecule has 0 aliphatic rings. The lowest BCUT2D eigenvalue weighted by Gasteiger charge is -2.05. The molecule has 0 amide bonds. The van der Waals surface area contributed by atoms with Gasteiger partial charge in [-0.05, 0) is 5.92 Å². The zero-order valence-electron chi connectivity index (χ0n) is 6.82. The van der Waals surface area contributed by atoms with Crippen molar-refractivity contribution in [1.29, 1.82) is 0 Å². The summed E-state index contributed by atoms with van der Waals surface area (Å²) in [7, 11) is 0. The molecule has 0 bridgehead atoms. The maximum Gasteiger partial charge on any atom is -0.0445 e. The zero-order valence-corrected chi connectivity index (χ0v) is 6.82. The third-order valence-corrected chi connectivity index (χ3v) is 1.89. The van der Waals surface area contributed by atoms with Gasteiger partial charge in [0, 0.05) is 0 Å². The predicted octanol–water partition coefficient (Wildman–Crippen LogP) is 3.43. The zero-order chi connectivity index (χ0) is 7.11. The Bertz CT molecular complexity index is 48.0. The summed E-state index contributed by atoms with van der Waals surface area (Å²) >= 11 is 0. The van der Waals surface area contributed by atoms with Crippen LogP contribution in [0.4, 0.5) is 0 Å². The first-order valence-electron chi connectivity index (χ1n) is 4.10. The molecule has 0 aliphatic heterocycles. The van der Waals surface area contributed by atoms with Crippen LogP contribution in [0.25, 0.3) is 0 Å². The first-order chi connectivity index (χ1) is 4.31. The van der Waals surface area contributed by atoms with Gasteiger partial charge in [0.05, 0.1) is 0 Å². The van der Waals surface area contributed by atoms with Crippen molar-refractivity contribution in [1.82, 2.24) is 0 Å². The van der Waals surface area contributed by atoms with Crippen LogP contribution in [0.3, 0.4) is 0 Å². The molecule has 0 saturated carbocycles. The van der Waals surface area contributed by atoms with Gasteiger partial charge in [0.2, 0.25) is 0 Å². The van der Waals surface area contributed by atoms with E-state index in [1.54, 1.807) is 0 Å². The first-order valence-corrected chi connectivity index (χ1v) is 4.10. The highest BCUT2D eigenvalue weighted by Crippen LogP contribution is 2.11. The third kappa shape index (κ3) is 5.88. The molecule has 0 N–H and O–H groups in total. The molecule has 0 aromatic carbocycles. The topological polar surface area (TPSA) is 0 Å². The van der Waals surface area contributed by atoms with Crippen LogP contribution in [0.5, 0.6) is 0 Å². The van der Waals surface area contributed by atoms with Gasteiger partial charge in [-0.25, -0.2) is 0 Å². The van der Waals surface area contributed by atoms with E-state index in [4.69, 9.17) is 0 Å². The fraction of sp³-hybridized carbons (Fsp3) is 0.889. The maximum absolute atomic E-state index is 3.81. The normalized spacial score (nSPS) is 13.7. The van der Waals surface area contributed by atoms with Gasteiger partial charge in [0.15, 0.2) is 0 Å². The second-order valence-electron chi connectivity index (χ2n) is 2.86. The Balaban J connectivity index is 2.88. The van der Waals surface area contributed by atoms with E-state index in [9.17, 15) is 0 Å². The monoisotopic (exact) mass is 127 g/mol. The van der Waals surface area contributed by atoms with Gasteiger partial charge >= 0.3 is 0 Å². The van der Waals surface area contributed by atoms with Gasteiger partial charge in [-0.15, -0.1) is 0 Å². The molecule has 1 atom stereocenters. The van der Waals surface area contributed by atoms with Crippen molar-refractivity contribution in [2.75, 3.05) is 0 Å². The molecule has 1 radical (unpaired) electrons. The van der Waals surface area contributed by atoms with E-state index in [2.05, 4.69) is 20.8 Å². The highest BCUT2D eigenvalue weighted by Gasteiger charge is 1.95. The van der Waals surface area contributed by atoms with Crippen LogP contribution in [-0.4, -0.2) is 0 Å². The molecule has 55 valence electrons. The molecule has 0 fully saturated rings. The van der Waals surface area contributed by atoms with Gasteiger partial charge < -0.3 is 0 Å². The quantitative estimate of drug-likeness (QED) is 0.496. The summed E-state index contributed by atoms with van der Waals surface area (Å²) in [6.45, 7) is 8.39. The summed E-state index contributed by atoms with van der Waals surface area (Å²) in [5, 5.41) is 0. The lowest BCUT2D eigenvalue weighted by Crippen LogP contribution is -1.90. The van der Waals surface area contributed by atoms with Crippen molar-refractivity contribution in [2.24, 2.45) is 5.92 Å². The summed E-state index contributed by atoms with van der Waals surface area (Å²) in [5.41, 5.74) is 0. The summed E-state index contributed by atoms with van der Waals surface area (Å²) in [6.07, 6.45) is 6.52. The molecule has 0 aromatic rings. The molecule has 9 heavy (non-hydrogen) atoms. The highest BCUT2D eigenvalue weighted by atomic mass is 14.0. The Hall–Kier alpha value is 0. The SMILES string of the molecule is [CH2]CCCC[C@@H](C)CC. The van der Waals surface area contributed by atoms with Crippen LogP contribution in [0.2, 0.25) is 0 Å². The van der Waals surface area contributed by atoms with Gasteiger partial charge in [-0.2, -0.15) is 0 Å². The van der Waals surface area contributed by atoms with E-state index in [0.29, 0.717) is 0 Å². The van der Waals surface area contributed by atoms with Crippen molar-refractivity contribution >= 4 is 0 Å². The molecule has 0 heterocycles. The average Bonchev–Trinajstić information content (AvgIpc) is 1.89. The Morgan fingerprint density at radius 3 is 2.44 bits per heavy atom. The molecule has 0 aliphatic carbocycles. The minimum absolute atomic E-state index is 0.927. The molecule has 0 aromatic heterocycles. The minimum Gasteiger partial charge on any atom is -0.0651 e. The van der Waals surface area contributed by atoms with Crippen molar-refractivity contribution < 1.29 is 0 Å². The molecular weight excluding hydrogens is 108 g/mol. The summed E-state index contributed by atoms with van der Waals surface area (Å²) in [4.78, 5) is 0. The van der Waals surface area contributed by atoms with Crippen molar-refractivity contribution in [3.05, 3.63) is 6.92 Å². The minimum atomic E-state index is 0.927. The van der Waals surface area contributed by atoms with Crippen LogP contribution in [-0.2, 0) is 0 Å². The summed E-state index contributed by atoms with van der Waals surface area (Å²) in [5.74, 6) is 0.927. The molecule has 0 nitrogen and oxygen atoms in total. The van der Waals surface area contributed by atoms with Crippen LogP contribution in [0.1, 0.15) is 46.0 Å². The van der Waals surface area contributed by atoms with Crippen LogP contribution in [0.15, 0.2) is 0 Å². The van der Waals surface area contributed by atoms with E-state index < -0.39 is 0 Å². The Labute approximate surface area is 59.7 Å². The number of rotatable bonds is 5. The Kier molecular flexibility index (Phi) is 6.12. The maximum atomic E-state index is 3.81. The molecule has 0 spiro atoms. The van der Waals surface area contributed by atoms with Crippen LogP contribution < -0.4 is 0 Å². The fourth-order valence-corrected chi connectivity index (χ4v) is 0.874. The molecule has 0 saturated heterocycles. The first kappa shape index (κ1) is 9.00. The predicted molar refractivity (Wildman–Crippen MR) is 43.3 cm³/mol. The third-order valence-electron chi connectivity index (χ3n) is 1.89. The van der Waals surface area contributed by atoms with E-state index in [-0.39, 0.29) is 0 Å². The van der Waals surface area contributed by atoms with Gasteiger partial charge in [0.25, 0.3) is 0 Å². The second-order valence-corrected chi connectivity index (χ2v) is 2.86. The van der Waals surface area contributed by atoms with Gasteiger partial charge in [0.1, 0.15) is 0 Å². The fourth-order valence-electron chi connectivity index (χ4n) is 0.874. The van der Waals surface area contributed by atoms with E-state index in [1.165, 1.54) is 25.7 Å². The number of unbranched alkanes of at least 4 members (excludes halogenated alkanes) is 2. The number of hydrogen-bond donors (Lipinski definition) is 0. The standard InChI is InChI=1S/C9H19/c1-4-6-7-8-9(3)5-2/h9H,1,4-8H2,2-3H3/t9-/m0/s1. The molecule has 0 unspecified atom stereocenters. The lowest BCUT2D eigenvalue weighted by atomic mass is 10.0. The molecule has 0 heteroatoms. The summed E-state index contributed by atoms with van der Waals surface area (Å²) in [6, 6.07) is 0. The van der Waals surface area contributed by atoms with Gasteiger partial charge in [-0.1, -0.05) is 52.9 Å². The van der Waals surface area contributed by atoms with Crippen LogP contribution in [0, 0.1) is 12.8 Å². The second kappa shape index (κ2) is 6.12. The molecular formula is C9H19. The smallest absolute Gasteiger partial charge is 0.0445 e. The Morgan fingerprint density at radius 2 is 2.00 bits per heavy atom. The van der Waals surface area contributed by atoms with E-state index in [1.807, 2.05) is 0 Å². The Morgan fingerprint density at radius 1 is 1.33 bits per heavy atom. The van der Waals surface area contributed by atoms with E-state index >= 15 is 0 Å². The highest BCUT2D eigenvalue weighted by molar-refractivity contribution is 4.50. The average molecular weight is 127 g/mol.